The summed E-state index contributed by atoms with van der Waals surface area (Å²) in [5, 5.41) is 17.2. The van der Waals surface area contributed by atoms with Crippen LogP contribution in [-0.4, -0.2) is 55.3 Å². The first-order valence-corrected chi connectivity index (χ1v) is 10.0. The molecule has 0 spiro atoms. The van der Waals surface area contributed by atoms with Crippen molar-refractivity contribution in [1.29, 1.82) is 0 Å². The number of halogens is 3. The van der Waals surface area contributed by atoms with E-state index in [2.05, 4.69) is 20.2 Å². The average Bonchev–Trinajstić information content (AvgIpc) is 3.33. The Morgan fingerprint density at radius 2 is 1.91 bits per heavy atom. The van der Waals surface area contributed by atoms with Gasteiger partial charge in [-0.2, -0.15) is 18.3 Å². The van der Waals surface area contributed by atoms with Gasteiger partial charge in [0.25, 0.3) is 5.91 Å². The summed E-state index contributed by atoms with van der Waals surface area (Å²) in [6.45, 7) is 0.948. The van der Waals surface area contributed by atoms with Gasteiger partial charge in [-0.15, -0.1) is 0 Å². The van der Waals surface area contributed by atoms with Gasteiger partial charge in [-0.05, 0) is 37.1 Å². The zero-order valence-electron chi connectivity index (χ0n) is 16.6. The fourth-order valence-corrected chi connectivity index (χ4v) is 4.29. The first-order valence-electron chi connectivity index (χ1n) is 10.0. The van der Waals surface area contributed by atoms with Crippen LogP contribution >= 0.6 is 0 Å². The fourth-order valence-electron chi connectivity index (χ4n) is 4.29. The summed E-state index contributed by atoms with van der Waals surface area (Å²) in [6, 6.07) is 4.26. The molecule has 0 aromatic carbocycles. The van der Waals surface area contributed by atoms with Gasteiger partial charge in [-0.25, -0.2) is 0 Å². The molecule has 1 saturated heterocycles. The molecule has 1 atom stereocenters. The van der Waals surface area contributed by atoms with Crippen molar-refractivity contribution in [3.8, 4) is 17.1 Å². The number of fused-ring (bicyclic) bond motifs is 1. The summed E-state index contributed by atoms with van der Waals surface area (Å²) in [4.78, 5) is 23.2. The van der Waals surface area contributed by atoms with Crippen LogP contribution < -0.4 is 0 Å². The Kier molecular flexibility index (Phi) is 4.85. The van der Waals surface area contributed by atoms with Crippen molar-refractivity contribution in [2.75, 3.05) is 13.2 Å². The van der Waals surface area contributed by atoms with E-state index >= 15 is 0 Å². The van der Waals surface area contributed by atoms with Crippen molar-refractivity contribution >= 4 is 5.91 Å². The second kappa shape index (κ2) is 7.59. The first-order chi connectivity index (χ1) is 15.4. The molecule has 1 amide bonds. The maximum Gasteiger partial charge on any atom is 0.417 e. The summed E-state index contributed by atoms with van der Waals surface area (Å²) in [7, 11) is 0. The van der Waals surface area contributed by atoms with Gasteiger partial charge in [-0.1, -0.05) is 0 Å². The Morgan fingerprint density at radius 1 is 1.12 bits per heavy atom. The number of aromatic amines is 1. The molecule has 1 fully saturated rings. The molecular formula is C21H18F3N5O3. The van der Waals surface area contributed by atoms with Crippen LogP contribution in [0.15, 0.2) is 36.7 Å². The number of aromatic nitrogens is 4. The lowest BCUT2D eigenvalue weighted by molar-refractivity contribution is -0.137. The molecule has 32 heavy (non-hydrogen) atoms. The number of hydrogen-bond acceptors (Lipinski definition) is 6. The number of aromatic hydroxyl groups is 1. The van der Waals surface area contributed by atoms with E-state index in [0.717, 1.165) is 12.3 Å². The monoisotopic (exact) mass is 445 g/mol. The predicted molar refractivity (Wildman–Crippen MR) is 105 cm³/mol. The van der Waals surface area contributed by atoms with E-state index in [1.807, 2.05) is 0 Å². The van der Waals surface area contributed by atoms with Crippen LogP contribution in [0.3, 0.4) is 0 Å². The topological polar surface area (TPSA) is 104 Å². The molecule has 5 rings (SSSR count). The van der Waals surface area contributed by atoms with Crippen molar-refractivity contribution < 1.29 is 27.8 Å². The number of pyridine rings is 2. The van der Waals surface area contributed by atoms with Gasteiger partial charge in [0.2, 0.25) is 0 Å². The number of hydrogen-bond donors (Lipinski definition) is 2. The summed E-state index contributed by atoms with van der Waals surface area (Å²) in [5.74, 6) is -0.453. The highest BCUT2D eigenvalue weighted by molar-refractivity contribution is 6.00. The van der Waals surface area contributed by atoms with E-state index in [9.17, 15) is 23.1 Å². The lowest BCUT2D eigenvalue weighted by Gasteiger charge is -2.35. The number of rotatable bonds is 3. The van der Waals surface area contributed by atoms with Crippen molar-refractivity contribution in [2.45, 2.75) is 31.1 Å². The zero-order chi connectivity index (χ0) is 22.5. The molecule has 0 bridgehead atoms. The van der Waals surface area contributed by atoms with E-state index in [4.69, 9.17) is 4.74 Å². The summed E-state index contributed by atoms with van der Waals surface area (Å²) in [6.07, 6.45) is -1.11. The smallest absolute Gasteiger partial charge is 0.417 e. The lowest BCUT2D eigenvalue weighted by atomic mass is 9.98. The molecular weight excluding hydrogens is 427 g/mol. The number of carbonyl (C=O) groups excluding carboxylic acids is 1. The summed E-state index contributed by atoms with van der Waals surface area (Å²) >= 11 is 0. The number of nitrogens with zero attached hydrogens (tertiary/aromatic N) is 4. The van der Waals surface area contributed by atoms with Gasteiger partial charge < -0.3 is 14.7 Å². The standard InChI is InChI=1S/C21H18F3N5O3/c22-21(23,24)11-3-4-13(26-10-11)19-15-17(16-14(30)2-1-7-25-16)27-28-18(15)20(31)29(19)12-5-8-32-9-6-12/h1-4,7,10,12,19,30H,5-6,8-9H2,(H,27,28). The summed E-state index contributed by atoms with van der Waals surface area (Å²) < 4.78 is 44.6. The zero-order valence-corrected chi connectivity index (χ0v) is 16.6. The highest BCUT2D eigenvalue weighted by Gasteiger charge is 2.46. The Hall–Kier alpha value is -3.47. The second-order valence-electron chi connectivity index (χ2n) is 7.66. The van der Waals surface area contributed by atoms with Gasteiger partial charge >= 0.3 is 6.18 Å². The number of amides is 1. The highest BCUT2D eigenvalue weighted by Crippen LogP contribution is 2.45. The molecule has 11 heteroatoms. The largest absolute Gasteiger partial charge is 0.506 e. The molecule has 166 valence electrons. The second-order valence-corrected chi connectivity index (χ2v) is 7.66. The third kappa shape index (κ3) is 3.29. The third-order valence-electron chi connectivity index (χ3n) is 5.79. The molecule has 0 aliphatic carbocycles. The first kappa shape index (κ1) is 20.4. The molecule has 2 N–H and O–H groups in total. The maximum atomic E-state index is 13.4. The Balaban J connectivity index is 1.65. The number of ether oxygens (including phenoxy) is 1. The van der Waals surface area contributed by atoms with Crippen molar-refractivity contribution in [2.24, 2.45) is 0 Å². The van der Waals surface area contributed by atoms with Crippen molar-refractivity contribution in [1.82, 2.24) is 25.1 Å². The van der Waals surface area contributed by atoms with E-state index in [0.29, 0.717) is 31.6 Å². The van der Waals surface area contributed by atoms with Gasteiger partial charge in [0.05, 0.1) is 11.3 Å². The van der Waals surface area contributed by atoms with Crippen LogP contribution in [-0.2, 0) is 10.9 Å². The number of alkyl halides is 3. The minimum atomic E-state index is -4.52. The van der Waals surface area contributed by atoms with Gasteiger partial charge in [0.1, 0.15) is 28.9 Å². The fraction of sp³-hybridized carbons (Fsp3) is 0.333. The molecule has 1 unspecified atom stereocenters. The van der Waals surface area contributed by atoms with Crippen LogP contribution in [0.1, 0.15) is 46.2 Å². The molecule has 8 nitrogen and oxygen atoms in total. The number of H-pyrrole nitrogens is 1. The van der Waals surface area contributed by atoms with Crippen molar-refractivity contribution in [3.05, 3.63) is 59.2 Å². The molecule has 3 aromatic rings. The van der Waals surface area contributed by atoms with E-state index in [1.165, 1.54) is 18.3 Å². The Labute approximate surface area is 180 Å². The van der Waals surface area contributed by atoms with Crippen molar-refractivity contribution in [3.63, 3.8) is 0 Å². The van der Waals surface area contributed by atoms with E-state index in [-0.39, 0.29) is 40.5 Å². The molecule has 5 heterocycles. The Bertz CT molecular complexity index is 1160. The SMILES string of the molecule is O=C1c2[nH]nc(-c3ncccc3O)c2C(c2ccc(C(F)(F)F)cn2)N1C1CCOCC1. The van der Waals surface area contributed by atoms with Gasteiger partial charge in [-0.3, -0.25) is 19.9 Å². The quantitative estimate of drug-likeness (QED) is 0.641. The maximum absolute atomic E-state index is 13.4. The van der Waals surface area contributed by atoms with Crippen LogP contribution in [0.2, 0.25) is 0 Å². The Morgan fingerprint density at radius 3 is 2.56 bits per heavy atom. The van der Waals surface area contributed by atoms with Crippen LogP contribution in [0.5, 0.6) is 5.75 Å². The molecule has 0 saturated carbocycles. The lowest BCUT2D eigenvalue weighted by Crippen LogP contribution is -2.42. The predicted octanol–water partition coefficient (Wildman–Crippen LogP) is 3.32. The number of carbonyl (C=O) groups is 1. The van der Waals surface area contributed by atoms with Crippen LogP contribution in [0, 0.1) is 0 Å². The summed E-state index contributed by atoms with van der Waals surface area (Å²) in [5.41, 5.74) is 0.468. The van der Waals surface area contributed by atoms with Crippen LogP contribution in [0.4, 0.5) is 13.2 Å². The van der Waals surface area contributed by atoms with Gasteiger partial charge in [0.15, 0.2) is 0 Å². The van der Waals surface area contributed by atoms with Gasteiger partial charge in [0, 0.05) is 37.2 Å². The minimum absolute atomic E-state index is 0.127. The van der Waals surface area contributed by atoms with E-state index < -0.39 is 17.8 Å². The molecule has 3 aromatic heterocycles. The minimum Gasteiger partial charge on any atom is -0.506 e. The van der Waals surface area contributed by atoms with E-state index in [1.54, 1.807) is 11.0 Å². The number of nitrogens with one attached hydrogen (secondary N) is 1. The average molecular weight is 445 g/mol. The molecule has 2 aliphatic heterocycles. The van der Waals surface area contributed by atoms with Crippen LogP contribution in [0.25, 0.3) is 11.4 Å². The molecule has 0 radical (unpaired) electrons. The molecule has 2 aliphatic rings. The highest BCUT2D eigenvalue weighted by atomic mass is 19.4. The third-order valence-corrected chi connectivity index (χ3v) is 5.79. The normalized spacial score (nSPS) is 19.4.